The second kappa shape index (κ2) is 8.52. The van der Waals surface area contributed by atoms with Gasteiger partial charge in [-0.15, -0.1) is 0 Å². The van der Waals surface area contributed by atoms with Gasteiger partial charge in [-0.2, -0.15) is 0 Å². The van der Waals surface area contributed by atoms with Gasteiger partial charge < -0.3 is 5.11 Å². The summed E-state index contributed by atoms with van der Waals surface area (Å²) in [6.45, 7) is 0. The Morgan fingerprint density at radius 1 is 0.538 bits per heavy atom. The molecule has 0 bridgehead atoms. The van der Waals surface area contributed by atoms with Gasteiger partial charge in [0.2, 0.25) is 0 Å². The lowest BCUT2D eigenvalue weighted by molar-refractivity contribution is 0.152. The molecule has 3 nitrogen and oxygen atoms in total. The first-order valence-corrected chi connectivity index (χ1v) is 13.2. The molecule has 39 heavy (non-hydrogen) atoms. The lowest BCUT2D eigenvalue weighted by Gasteiger charge is -2.26. The van der Waals surface area contributed by atoms with Crippen molar-refractivity contribution in [2.24, 2.45) is 0 Å². The van der Waals surface area contributed by atoms with Crippen LogP contribution in [0.3, 0.4) is 0 Å². The number of hydrogen-bond donors (Lipinski definition) is 1. The number of nitrogens with zero attached hydrogens (tertiary/aromatic N) is 2. The van der Waals surface area contributed by atoms with E-state index in [1.165, 1.54) is 0 Å². The molecule has 1 aromatic heterocycles. The molecule has 0 radical (unpaired) electrons. The summed E-state index contributed by atoms with van der Waals surface area (Å²) in [7, 11) is 0. The summed E-state index contributed by atoms with van der Waals surface area (Å²) < 4.78 is 2.01. The first kappa shape index (κ1) is 22.0. The Bertz CT molecular complexity index is 2010. The van der Waals surface area contributed by atoms with Crippen LogP contribution in [0.25, 0.3) is 66.6 Å². The van der Waals surface area contributed by atoms with Crippen molar-refractivity contribution in [2.75, 3.05) is 0 Å². The van der Waals surface area contributed by atoms with Crippen LogP contribution in [0.1, 0.15) is 11.8 Å². The molecule has 1 aliphatic heterocycles. The zero-order valence-electron chi connectivity index (χ0n) is 21.1. The van der Waals surface area contributed by atoms with Gasteiger partial charge in [-0.25, -0.2) is 4.98 Å². The lowest BCUT2D eigenvalue weighted by atomic mass is 9.89. The highest BCUT2D eigenvalue weighted by Crippen LogP contribution is 2.46. The molecule has 1 atom stereocenters. The first-order chi connectivity index (χ1) is 19.3. The number of benzene rings is 6. The van der Waals surface area contributed by atoms with Crippen molar-refractivity contribution in [3.8, 4) is 44.8 Å². The van der Waals surface area contributed by atoms with Gasteiger partial charge >= 0.3 is 0 Å². The van der Waals surface area contributed by atoms with Gasteiger partial charge in [0.15, 0.2) is 6.23 Å². The fourth-order valence-electron chi connectivity index (χ4n) is 6.11. The molecule has 0 aliphatic carbocycles. The van der Waals surface area contributed by atoms with E-state index >= 15 is 0 Å². The van der Waals surface area contributed by atoms with E-state index in [9.17, 15) is 5.11 Å². The van der Waals surface area contributed by atoms with Crippen molar-refractivity contribution >= 4 is 21.8 Å². The first-order valence-electron chi connectivity index (χ1n) is 13.2. The number of rotatable bonds is 3. The maximum atomic E-state index is 11.9. The van der Waals surface area contributed by atoms with E-state index in [1.807, 2.05) is 22.8 Å². The number of aliphatic hydroxyl groups excluding tert-OH is 1. The minimum Gasteiger partial charge on any atom is -0.369 e. The van der Waals surface area contributed by atoms with Crippen molar-refractivity contribution in [1.29, 1.82) is 0 Å². The molecule has 3 heteroatoms. The topological polar surface area (TPSA) is 38.1 Å². The predicted octanol–water partition coefficient (Wildman–Crippen LogP) is 8.71. The maximum Gasteiger partial charge on any atom is 0.159 e. The summed E-state index contributed by atoms with van der Waals surface area (Å²) in [4.78, 5) is 5.24. The monoisotopic (exact) mass is 500 g/mol. The molecule has 0 spiro atoms. The van der Waals surface area contributed by atoms with E-state index in [4.69, 9.17) is 4.98 Å². The fraction of sp³-hybridized carbons (Fsp3) is 0.0278. The van der Waals surface area contributed by atoms with Crippen LogP contribution < -0.4 is 0 Å². The van der Waals surface area contributed by atoms with Gasteiger partial charge in [-0.1, -0.05) is 121 Å². The van der Waals surface area contributed by atoms with Gasteiger partial charge in [0.1, 0.15) is 5.82 Å². The number of aliphatic hydroxyl groups is 1. The standard InChI is InChI=1S/C36H24N2O/c39-36-30-20-19-27(24-13-6-2-7-14-24)28-17-10-18-29(33(28)30)35-37-34-31(25-15-8-3-9-16-25)21-26(22-32(34)38(35)36)23-11-4-1-5-12-23/h1-22,36,39H. The Morgan fingerprint density at radius 2 is 1.18 bits per heavy atom. The zero-order chi connectivity index (χ0) is 25.9. The highest BCUT2D eigenvalue weighted by molar-refractivity contribution is 6.08. The summed E-state index contributed by atoms with van der Waals surface area (Å²) in [6, 6.07) is 46.2. The lowest BCUT2D eigenvalue weighted by Crippen LogP contribution is -2.16. The van der Waals surface area contributed by atoms with Gasteiger partial charge in [0, 0.05) is 22.1 Å². The second-order valence-electron chi connectivity index (χ2n) is 10.1. The molecule has 0 fully saturated rings. The second-order valence-corrected chi connectivity index (χ2v) is 10.1. The Morgan fingerprint density at radius 3 is 1.87 bits per heavy atom. The molecule has 0 saturated carbocycles. The average Bonchev–Trinajstić information content (AvgIpc) is 3.40. The van der Waals surface area contributed by atoms with Crippen LogP contribution in [0.2, 0.25) is 0 Å². The van der Waals surface area contributed by atoms with E-state index in [1.54, 1.807) is 0 Å². The Labute approximate surface area is 226 Å². The summed E-state index contributed by atoms with van der Waals surface area (Å²) in [5.41, 5.74) is 10.5. The molecule has 0 saturated heterocycles. The third-order valence-corrected chi connectivity index (χ3v) is 7.91. The molecular formula is C36H24N2O. The minimum atomic E-state index is -0.845. The molecule has 0 amide bonds. The molecule has 2 heterocycles. The third-order valence-electron chi connectivity index (χ3n) is 7.91. The predicted molar refractivity (Wildman–Crippen MR) is 159 cm³/mol. The van der Waals surface area contributed by atoms with Crippen LogP contribution >= 0.6 is 0 Å². The molecule has 184 valence electrons. The largest absolute Gasteiger partial charge is 0.369 e. The SMILES string of the molecule is OC1c2ccc(-c3ccccc3)c3cccc(c23)-c2nc3c(-c4ccccc4)cc(-c4ccccc4)cc3n21. The van der Waals surface area contributed by atoms with Crippen LogP contribution in [0, 0.1) is 0 Å². The van der Waals surface area contributed by atoms with E-state index in [2.05, 4.69) is 115 Å². The fourth-order valence-corrected chi connectivity index (χ4v) is 6.11. The van der Waals surface area contributed by atoms with E-state index in [0.717, 1.165) is 72.1 Å². The van der Waals surface area contributed by atoms with Crippen molar-refractivity contribution in [3.63, 3.8) is 0 Å². The Kier molecular flexibility index (Phi) is 4.81. The molecule has 1 N–H and O–H groups in total. The highest BCUT2D eigenvalue weighted by atomic mass is 16.3. The van der Waals surface area contributed by atoms with E-state index < -0.39 is 6.23 Å². The van der Waals surface area contributed by atoms with Crippen LogP contribution in [-0.4, -0.2) is 14.7 Å². The Hall–Kier alpha value is -4.99. The van der Waals surface area contributed by atoms with Gasteiger partial charge in [0.05, 0.1) is 11.0 Å². The Balaban J connectivity index is 1.45. The molecule has 7 aromatic rings. The average molecular weight is 501 g/mol. The van der Waals surface area contributed by atoms with Crippen molar-refractivity contribution in [2.45, 2.75) is 6.23 Å². The summed E-state index contributed by atoms with van der Waals surface area (Å²) in [5.74, 6) is 0.795. The van der Waals surface area contributed by atoms with Crippen LogP contribution in [0.5, 0.6) is 0 Å². The van der Waals surface area contributed by atoms with Gasteiger partial charge in [-0.3, -0.25) is 4.57 Å². The minimum absolute atomic E-state index is 0.795. The molecule has 8 rings (SSSR count). The molecule has 1 aliphatic rings. The van der Waals surface area contributed by atoms with Crippen LogP contribution in [-0.2, 0) is 0 Å². The van der Waals surface area contributed by atoms with Crippen LogP contribution in [0.4, 0.5) is 0 Å². The highest BCUT2D eigenvalue weighted by Gasteiger charge is 2.30. The number of hydrogen-bond acceptors (Lipinski definition) is 2. The van der Waals surface area contributed by atoms with Gasteiger partial charge in [0.25, 0.3) is 0 Å². The number of fused-ring (bicyclic) bond motifs is 4. The van der Waals surface area contributed by atoms with E-state index in [0.29, 0.717) is 0 Å². The number of aromatic nitrogens is 2. The van der Waals surface area contributed by atoms with Gasteiger partial charge in [-0.05, 0) is 45.3 Å². The van der Waals surface area contributed by atoms with Crippen molar-refractivity contribution in [3.05, 3.63) is 139 Å². The number of imidazole rings is 1. The molecule has 6 aromatic carbocycles. The molecule has 1 unspecified atom stereocenters. The van der Waals surface area contributed by atoms with Crippen LogP contribution in [0.15, 0.2) is 133 Å². The third kappa shape index (κ3) is 3.30. The summed E-state index contributed by atoms with van der Waals surface area (Å²) >= 11 is 0. The molecular weight excluding hydrogens is 476 g/mol. The smallest absolute Gasteiger partial charge is 0.159 e. The normalized spacial score (nSPS) is 14.0. The van der Waals surface area contributed by atoms with E-state index in [-0.39, 0.29) is 0 Å². The summed E-state index contributed by atoms with van der Waals surface area (Å²) in [5, 5.41) is 14.1. The quantitative estimate of drug-likeness (QED) is 0.263. The van der Waals surface area contributed by atoms with Crippen molar-refractivity contribution < 1.29 is 5.11 Å². The zero-order valence-corrected chi connectivity index (χ0v) is 21.1. The summed E-state index contributed by atoms with van der Waals surface area (Å²) in [6.07, 6.45) is -0.845. The van der Waals surface area contributed by atoms with Crippen molar-refractivity contribution in [1.82, 2.24) is 9.55 Å². The maximum absolute atomic E-state index is 11.9.